The number of rotatable bonds is 52. The van der Waals surface area contributed by atoms with E-state index in [-0.39, 0.29) is 0 Å². The van der Waals surface area contributed by atoms with Crippen molar-refractivity contribution in [3.63, 3.8) is 0 Å². The fourth-order valence-electron chi connectivity index (χ4n) is 5.80. The maximum atomic E-state index is 5.38. The van der Waals surface area contributed by atoms with Gasteiger partial charge >= 0.3 is 0 Å². The zero-order valence-corrected chi connectivity index (χ0v) is 50.1. The molecule has 0 aliphatic rings. The molecule has 75 heavy (non-hydrogen) atoms. The van der Waals surface area contributed by atoms with Crippen LogP contribution >= 0.6 is 0 Å². The van der Waals surface area contributed by atoms with Gasteiger partial charge in [-0.25, -0.2) is 0 Å². The van der Waals surface area contributed by atoms with E-state index in [4.69, 9.17) is 68.8 Å². The van der Waals surface area contributed by atoms with Crippen LogP contribution in [0.15, 0.2) is 0 Å². The summed E-state index contributed by atoms with van der Waals surface area (Å²) in [5, 5.41) is 32.8. The Kier molecular flexibility index (Phi) is 115. The lowest BCUT2D eigenvalue weighted by Crippen LogP contribution is -2.37. The van der Waals surface area contributed by atoms with Crippen molar-refractivity contribution in [3.05, 3.63) is 0 Å². The van der Waals surface area contributed by atoms with Gasteiger partial charge in [-0.05, 0) is 150 Å². The first-order chi connectivity index (χ1) is 36.7. The highest BCUT2D eigenvalue weighted by molar-refractivity contribution is 4.59. The SMILES string of the molecule is CCCCCNCCCCN.CCCNCCCNCCN.CN(C)CCN.NCCCNCCCCNCCCN.NCCN(CCN)CCN.NCCNCCNCCN.NCCNCCNCCNCCN. The Morgan fingerprint density at radius 2 is 0.467 bits per heavy atom. The molecule has 0 aromatic rings. The quantitative estimate of drug-likeness (QED) is 0.0253. The highest BCUT2D eigenvalue weighted by Crippen LogP contribution is 1.91. The molecule has 0 spiro atoms. The molecule has 0 atom stereocenters. The Hall–Kier alpha value is -0.960. The molecule has 0 saturated carbocycles. The number of nitrogens with zero attached hydrogens (tertiary/aromatic N) is 2. The van der Waals surface area contributed by atoms with Crippen molar-refractivity contribution in [2.45, 2.75) is 84.5 Å². The minimum absolute atomic E-state index is 0.681. The molecule has 0 aliphatic carbocycles. The smallest absolute Gasteiger partial charge is 0.0106 e. The number of nitrogens with one attached hydrogen (secondary N) is 10. The Labute approximate surface area is 464 Å². The van der Waals surface area contributed by atoms with E-state index >= 15 is 0 Å². The lowest BCUT2D eigenvalue weighted by Gasteiger charge is -2.18. The van der Waals surface area contributed by atoms with E-state index in [1.165, 1.54) is 57.9 Å². The largest absolute Gasteiger partial charge is 0.330 e. The van der Waals surface area contributed by atoms with E-state index in [1.807, 2.05) is 14.1 Å². The summed E-state index contributed by atoms with van der Waals surface area (Å²) in [4.78, 5) is 4.22. The van der Waals surface area contributed by atoms with Crippen molar-refractivity contribution in [1.29, 1.82) is 0 Å². The van der Waals surface area contributed by atoms with Crippen LogP contribution in [0.25, 0.3) is 0 Å². The first-order valence-corrected chi connectivity index (χ1v) is 29.5. The molecule has 0 unspecified atom stereocenters. The van der Waals surface area contributed by atoms with Crippen LogP contribution in [0.2, 0.25) is 0 Å². The summed E-state index contributed by atoms with van der Waals surface area (Å²) in [6, 6.07) is 0. The molecule has 0 fully saturated rings. The summed E-state index contributed by atoms with van der Waals surface area (Å²) in [5.74, 6) is 0. The summed E-state index contributed by atoms with van der Waals surface area (Å²) in [6.07, 6.45) is 13.4. The fourth-order valence-corrected chi connectivity index (χ4v) is 5.80. The van der Waals surface area contributed by atoms with Crippen LogP contribution in [0.5, 0.6) is 0 Å². The van der Waals surface area contributed by atoms with Crippen molar-refractivity contribution in [1.82, 2.24) is 63.0 Å². The van der Waals surface area contributed by atoms with Crippen LogP contribution in [0.4, 0.5) is 0 Å². The molecular formula is C51H140N24. The number of nitrogens with two attached hydrogens (primary N) is 12. The van der Waals surface area contributed by atoms with E-state index in [0.717, 1.165) is 203 Å². The third kappa shape index (κ3) is 122. The second-order valence-corrected chi connectivity index (χ2v) is 17.8. The van der Waals surface area contributed by atoms with Crippen LogP contribution in [-0.2, 0) is 0 Å². The lowest BCUT2D eigenvalue weighted by molar-refractivity contribution is 0.297. The highest BCUT2D eigenvalue weighted by Gasteiger charge is 1.99. The van der Waals surface area contributed by atoms with Crippen molar-refractivity contribution in [2.24, 2.45) is 68.8 Å². The zero-order valence-electron chi connectivity index (χ0n) is 50.1. The predicted molar refractivity (Wildman–Crippen MR) is 334 cm³/mol. The molecule has 0 saturated heterocycles. The monoisotopic (exact) mass is 1090 g/mol. The average molecular weight is 1090 g/mol. The highest BCUT2D eigenvalue weighted by atomic mass is 15.1. The lowest BCUT2D eigenvalue weighted by atomic mass is 10.2. The molecule has 0 bridgehead atoms. The van der Waals surface area contributed by atoms with Crippen LogP contribution in [0.1, 0.15) is 84.5 Å². The Morgan fingerprint density at radius 3 is 0.733 bits per heavy atom. The minimum atomic E-state index is 0.681. The Balaban J connectivity index is -0.000000145. The van der Waals surface area contributed by atoms with Crippen molar-refractivity contribution < 1.29 is 0 Å². The van der Waals surface area contributed by atoms with Crippen LogP contribution in [0, 0.1) is 0 Å². The van der Waals surface area contributed by atoms with Gasteiger partial charge in [0.15, 0.2) is 0 Å². The molecule has 0 amide bonds. The maximum Gasteiger partial charge on any atom is 0.0106 e. The van der Waals surface area contributed by atoms with E-state index in [9.17, 15) is 0 Å². The molecule has 464 valence electrons. The van der Waals surface area contributed by atoms with Crippen molar-refractivity contribution >= 4 is 0 Å². The van der Waals surface area contributed by atoms with Gasteiger partial charge < -0.3 is 127 Å². The zero-order chi connectivity index (χ0) is 57.5. The van der Waals surface area contributed by atoms with Gasteiger partial charge in [-0.2, -0.15) is 0 Å². The fraction of sp³-hybridized carbons (Fsp3) is 1.00. The van der Waals surface area contributed by atoms with Gasteiger partial charge in [0.1, 0.15) is 0 Å². The van der Waals surface area contributed by atoms with Gasteiger partial charge in [-0.15, -0.1) is 0 Å². The van der Waals surface area contributed by atoms with Gasteiger partial charge in [0.05, 0.1) is 0 Å². The first-order valence-electron chi connectivity index (χ1n) is 29.5. The van der Waals surface area contributed by atoms with Crippen LogP contribution in [0.3, 0.4) is 0 Å². The molecule has 0 radical (unpaired) electrons. The average Bonchev–Trinajstić information content (AvgIpc) is 3.41. The van der Waals surface area contributed by atoms with E-state index in [2.05, 4.69) is 76.8 Å². The van der Waals surface area contributed by atoms with Crippen LogP contribution in [-0.4, -0.2) is 260 Å². The molecule has 34 N–H and O–H groups in total. The van der Waals surface area contributed by atoms with E-state index in [1.54, 1.807) is 0 Å². The summed E-state index contributed by atoms with van der Waals surface area (Å²) in [5.41, 5.74) is 63.9. The van der Waals surface area contributed by atoms with Gasteiger partial charge in [0.2, 0.25) is 0 Å². The third-order valence-corrected chi connectivity index (χ3v) is 9.92. The van der Waals surface area contributed by atoms with E-state index in [0.29, 0.717) is 45.8 Å². The number of hydrogen-bond acceptors (Lipinski definition) is 24. The van der Waals surface area contributed by atoms with Gasteiger partial charge in [-0.3, -0.25) is 4.90 Å². The minimum Gasteiger partial charge on any atom is -0.330 e. The molecule has 0 rings (SSSR count). The third-order valence-electron chi connectivity index (χ3n) is 9.92. The number of unbranched alkanes of at least 4 members (excludes halogenated alkanes) is 4. The summed E-state index contributed by atoms with van der Waals surface area (Å²) in [6.45, 7) is 37.2. The summed E-state index contributed by atoms with van der Waals surface area (Å²) in [7, 11) is 4.01. The first kappa shape index (κ1) is 87.9. The number of likely N-dealkylation sites (N-methyl/N-ethyl adjacent to an activating group) is 1. The van der Waals surface area contributed by atoms with Crippen LogP contribution < -0.4 is 122 Å². The normalized spacial score (nSPS) is 10.5. The standard InChI is InChI=1S/C10H26N4.C9H22N2.C8H23N5.C8H21N3.2C6H18N4.C4H12N2/c11-5-3-9-13-7-1-2-8-14-10-4-6-12;1-2-3-5-8-11-9-6-4-7-10;9-1-3-11-5-7-13-8-6-12-4-2-10;1-2-5-10-6-3-7-11-8-4-9;7-1-4-10(5-2-8)6-3-9;7-1-3-9-5-6-10-4-2-8;1-6(2)4-3-5/h13-14H,1-12H2;11H,2-10H2,1H3;11-13H,1-10H2;10-11H,2-9H2,1H3;1-9H2;9-10H,1-8H2;3-5H2,1-2H3. The van der Waals surface area contributed by atoms with E-state index < -0.39 is 0 Å². The predicted octanol–water partition coefficient (Wildman–Crippen LogP) is -5.50. The van der Waals surface area contributed by atoms with Crippen molar-refractivity contribution in [3.8, 4) is 0 Å². The topological polar surface area (TPSA) is 439 Å². The molecule has 24 heteroatoms. The van der Waals surface area contributed by atoms with Crippen molar-refractivity contribution in [2.75, 3.05) is 250 Å². The Morgan fingerprint density at radius 1 is 0.213 bits per heavy atom. The number of hydrogen-bond donors (Lipinski definition) is 22. The molecular weight excluding hydrogens is 949 g/mol. The molecule has 0 aliphatic heterocycles. The maximum absolute atomic E-state index is 5.38. The van der Waals surface area contributed by atoms with Gasteiger partial charge in [0.25, 0.3) is 0 Å². The second-order valence-electron chi connectivity index (χ2n) is 17.8. The summed E-state index contributed by atoms with van der Waals surface area (Å²) < 4.78 is 0. The second kappa shape index (κ2) is 98.5. The van der Waals surface area contributed by atoms with Gasteiger partial charge in [-0.1, -0.05) is 26.7 Å². The molecule has 0 heterocycles. The Bertz CT molecular complexity index is 741. The molecule has 24 nitrogen and oxygen atoms in total. The molecule has 0 aromatic heterocycles. The summed E-state index contributed by atoms with van der Waals surface area (Å²) >= 11 is 0. The van der Waals surface area contributed by atoms with Gasteiger partial charge in [0, 0.05) is 157 Å². The molecule has 0 aromatic carbocycles.